The lowest BCUT2D eigenvalue weighted by molar-refractivity contribution is -0.384. The first-order valence-electron chi connectivity index (χ1n) is 5.48. The summed E-state index contributed by atoms with van der Waals surface area (Å²) in [6.45, 7) is 3.58. The van der Waals surface area contributed by atoms with Gasteiger partial charge in [-0.05, 0) is 13.8 Å². The SMILES string of the molecule is CC(C)NC(=O)CN(C)c1ncnc(Cl)c1[N+](=O)[O-]. The molecule has 1 aromatic rings. The molecule has 0 bridgehead atoms. The minimum absolute atomic E-state index is 0.00362. The second-order valence-corrected chi connectivity index (χ2v) is 4.53. The third kappa shape index (κ3) is 4.02. The van der Waals surface area contributed by atoms with E-state index < -0.39 is 10.6 Å². The zero-order valence-electron chi connectivity index (χ0n) is 10.8. The molecule has 0 unspecified atom stereocenters. The molecule has 0 spiro atoms. The summed E-state index contributed by atoms with van der Waals surface area (Å²) < 4.78 is 0. The third-order valence-corrected chi connectivity index (χ3v) is 2.41. The summed E-state index contributed by atoms with van der Waals surface area (Å²) in [5.41, 5.74) is -0.413. The molecule has 1 rings (SSSR count). The number of carbonyl (C=O) groups excluding carboxylic acids is 1. The summed E-state index contributed by atoms with van der Waals surface area (Å²) in [7, 11) is 1.52. The molecule has 8 nitrogen and oxygen atoms in total. The van der Waals surface area contributed by atoms with E-state index in [1.54, 1.807) is 0 Å². The van der Waals surface area contributed by atoms with Gasteiger partial charge in [0.05, 0.1) is 11.5 Å². The highest BCUT2D eigenvalue weighted by molar-refractivity contribution is 6.31. The molecule has 0 aliphatic heterocycles. The Balaban J connectivity index is 2.94. The maximum atomic E-state index is 11.6. The predicted octanol–water partition coefficient (Wildman–Crippen LogP) is 0.999. The molecular weight excluding hydrogens is 274 g/mol. The number of aromatic nitrogens is 2. The molecule has 1 amide bonds. The van der Waals surface area contributed by atoms with Crippen LogP contribution in [0, 0.1) is 10.1 Å². The Morgan fingerprint density at radius 2 is 2.21 bits per heavy atom. The Morgan fingerprint density at radius 3 is 2.74 bits per heavy atom. The number of nitrogens with one attached hydrogen (secondary N) is 1. The number of rotatable bonds is 5. The maximum absolute atomic E-state index is 11.6. The molecule has 0 aromatic carbocycles. The number of carbonyl (C=O) groups is 1. The number of amides is 1. The topological polar surface area (TPSA) is 101 Å². The molecule has 1 N–H and O–H groups in total. The van der Waals surface area contributed by atoms with Gasteiger partial charge in [0, 0.05) is 13.1 Å². The normalized spacial score (nSPS) is 10.4. The molecule has 19 heavy (non-hydrogen) atoms. The van der Waals surface area contributed by atoms with Crippen LogP contribution in [0.25, 0.3) is 0 Å². The van der Waals surface area contributed by atoms with E-state index in [2.05, 4.69) is 15.3 Å². The van der Waals surface area contributed by atoms with Crippen LogP contribution in [0.15, 0.2) is 6.33 Å². The van der Waals surface area contributed by atoms with Crippen molar-refractivity contribution in [2.75, 3.05) is 18.5 Å². The number of likely N-dealkylation sites (N-methyl/N-ethyl adjacent to an activating group) is 1. The number of hydrogen-bond donors (Lipinski definition) is 1. The summed E-state index contributed by atoms with van der Waals surface area (Å²) in [5.74, 6) is -0.259. The van der Waals surface area contributed by atoms with Gasteiger partial charge in [-0.1, -0.05) is 11.6 Å². The van der Waals surface area contributed by atoms with Crippen LogP contribution in [-0.4, -0.2) is 40.4 Å². The van der Waals surface area contributed by atoms with Gasteiger partial charge in [-0.25, -0.2) is 9.97 Å². The fourth-order valence-corrected chi connectivity index (χ4v) is 1.64. The second-order valence-electron chi connectivity index (χ2n) is 4.17. The first-order valence-corrected chi connectivity index (χ1v) is 5.86. The monoisotopic (exact) mass is 287 g/mol. The fraction of sp³-hybridized carbons (Fsp3) is 0.500. The lowest BCUT2D eigenvalue weighted by atomic mass is 10.3. The van der Waals surface area contributed by atoms with E-state index in [0.717, 1.165) is 6.33 Å². The molecule has 0 radical (unpaired) electrons. The highest BCUT2D eigenvalue weighted by atomic mass is 35.5. The van der Waals surface area contributed by atoms with Crippen molar-refractivity contribution in [1.82, 2.24) is 15.3 Å². The first-order chi connectivity index (χ1) is 8.82. The Hall–Kier alpha value is -1.96. The molecular formula is C10H14ClN5O3. The minimum atomic E-state index is -0.672. The molecule has 1 aromatic heterocycles. The fourth-order valence-electron chi connectivity index (χ4n) is 1.44. The van der Waals surface area contributed by atoms with Gasteiger partial charge in [0.2, 0.25) is 16.9 Å². The Morgan fingerprint density at radius 1 is 1.58 bits per heavy atom. The molecule has 0 saturated heterocycles. The molecule has 9 heteroatoms. The van der Waals surface area contributed by atoms with Crippen molar-refractivity contribution in [3.63, 3.8) is 0 Å². The van der Waals surface area contributed by atoms with Gasteiger partial charge in [-0.15, -0.1) is 0 Å². The lowest BCUT2D eigenvalue weighted by Gasteiger charge is -2.18. The van der Waals surface area contributed by atoms with Crippen molar-refractivity contribution >= 4 is 29.0 Å². The predicted molar refractivity (Wildman–Crippen MR) is 70.2 cm³/mol. The van der Waals surface area contributed by atoms with E-state index in [-0.39, 0.29) is 29.5 Å². The standard InChI is InChI=1S/C10H14ClN5O3/c1-6(2)14-7(17)4-15(3)10-8(16(18)19)9(11)12-5-13-10/h5-6H,4H2,1-3H3,(H,14,17). The van der Waals surface area contributed by atoms with Crippen LogP contribution >= 0.6 is 11.6 Å². The quantitative estimate of drug-likeness (QED) is 0.492. The third-order valence-electron chi connectivity index (χ3n) is 2.13. The van der Waals surface area contributed by atoms with Crippen LogP contribution in [0.3, 0.4) is 0 Å². The van der Waals surface area contributed by atoms with Crippen molar-refractivity contribution in [3.05, 3.63) is 21.6 Å². The van der Waals surface area contributed by atoms with Gasteiger partial charge in [-0.3, -0.25) is 14.9 Å². The Kier molecular flexibility index (Phi) is 4.99. The number of hydrogen-bond acceptors (Lipinski definition) is 6. The smallest absolute Gasteiger partial charge is 0.348 e. The van der Waals surface area contributed by atoms with Crippen molar-refractivity contribution in [3.8, 4) is 0 Å². The Bertz CT molecular complexity index is 494. The molecule has 104 valence electrons. The minimum Gasteiger partial charge on any atom is -0.352 e. The van der Waals surface area contributed by atoms with E-state index in [1.807, 2.05) is 13.8 Å². The van der Waals surface area contributed by atoms with E-state index in [0.29, 0.717) is 0 Å². The highest BCUT2D eigenvalue weighted by Gasteiger charge is 2.25. The van der Waals surface area contributed by atoms with Crippen molar-refractivity contribution in [2.24, 2.45) is 0 Å². The molecule has 0 saturated carbocycles. The number of nitrogens with zero attached hydrogens (tertiary/aromatic N) is 4. The van der Waals surface area contributed by atoms with Crippen LogP contribution < -0.4 is 10.2 Å². The molecule has 0 fully saturated rings. The van der Waals surface area contributed by atoms with Crippen molar-refractivity contribution in [1.29, 1.82) is 0 Å². The molecule has 0 atom stereocenters. The second kappa shape index (κ2) is 6.28. The zero-order valence-corrected chi connectivity index (χ0v) is 11.5. The van der Waals surface area contributed by atoms with Gasteiger partial charge < -0.3 is 10.2 Å². The van der Waals surface area contributed by atoms with Crippen LogP contribution in [0.2, 0.25) is 5.15 Å². The summed E-state index contributed by atoms with van der Waals surface area (Å²) in [4.78, 5) is 30.6. The first kappa shape index (κ1) is 15.1. The Labute approximate surface area is 114 Å². The lowest BCUT2D eigenvalue weighted by Crippen LogP contribution is -2.39. The van der Waals surface area contributed by atoms with Gasteiger partial charge in [0.25, 0.3) is 0 Å². The van der Waals surface area contributed by atoms with Crippen LogP contribution in [-0.2, 0) is 4.79 Å². The van der Waals surface area contributed by atoms with E-state index in [9.17, 15) is 14.9 Å². The maximum Gasteiger partial charge on any atom is 0.348 e. The van der Waals surface area contributed by atoms with Crippen molar-refractivity contribution < 1.29 is 9.72 Å². The molecule has 1 heterocycles. The van der Waals surface area contributed by atoms with Gasteiger partial charge in [-0.2, -0.15) is 0 Å². The van der Waals surface area contributed by atoms with Crippen LogP contribution in [0.5, 0.6) is 0 Å². The largest absolute Gasteiger partial charge is 0.352 e. The summed E-state index contributed by atoms with van der Waals surface area (Å²) in [6.07, 6.45) is 1.11. The van der Waals surface area contributed by atoms with Gasteiger partial charge in [0.15, 0.2) is 0 Å². The average molecular weight is 288 g/mol. The van der Waals surface area contributed by atoms with Crippen molar-refractivity contribution in [2.45, 2.75) is 19.9 Å². The van der Waals surface area contributed by atoms with Gasteiger partial charge in [0.1, 0.15) is 6.33 Å². The van der Waals surface area contributed by atoms with Gasteiger partial charge >= 0.3 is 5.69 Å². The highest BCUT2D eigenvalue weighted by Crippen LogP contribution is 2.30. The van der Waals surface area contributed by atoms with E-state index >= 15 is 0 Å². The summed E-state index contributed by atoms with van der Waals surface area (Å²) >= 11 is 5.67. The number of anilines is 1. The van der Waals surface area contributed by atoms with E-state index in [4.69, 9.17) is 11.6 Å². The molecule has 0 aliphatic rings. The number of nitro groups is 1. The summed E-state index contributed by atoms with van der Waals surface area (Å²) in [5, 5.41) is 13.3. The average Bonchev–Trinajstić information content (AvgIpc) is 2.26. The summed E-state index contributed by atoms with van der Waals surface area (Å²) in [6, 6.07) is -0.00938. The zero-order chi connectivity index (χ0) is 14.6. The number of halogens is 1. The molecule has 0 aliphatic carbocycles. The van der Waals surface area contributed by atoms with Crippen LogP contribution in [0.4, 0.5) is 11.5 Å². The van der Waals surface area contributed by atoms with Crippen LogP contribution in [0.1, 0.15) is 13.8 Å². The van der Waals surface area contributed by atoms with E-state index in [1.165, 1.54) is 11.9 Å².